The summed E-state index contributed by atoms with van der Waals surface area (Å²) < 4.78 is 8.75. The van der Waals surface area contributed by atoms with Crippen molar-refractivity contribution >= 4 is 34.8 Å². The first kappa shape index (κ1) is 16.3. The standard InChI is InChI=1S/C16H14Cl3O2/c1-20-13-7-3-11(4-8-13)15(16(17,18)19)12-5-9-14(21-2)10-6-12/h3-10H,1-2H3. The number of hydrogen-bond acceptors (Lipinski definition) is 2. The topological polar surface area (TPSA) is 18.5 Å². The van der Waals surface area contributed by atoms with Crippen molar-refractivity contribution in [2.45, 2.75) is 3.79 Å². The second-order valence-corrected chi connectivity index (χ2v) is 6.61. The van der Waals surface area contributed by atoms with Crippen LogP contribution in [-0.4, -0.2) is 18.0 Å². The quantitative estimate of drug-likeness (QED) is 0.723. The molecule has 2 nitrogen and oxygen atoms in total. The highest BCUT2D eigenvalue weighted by molar-refractivity contribution is 6.69. The maximum absolute atomic E-state index is 6.15. The number of halogens is 3. The smallest absolute Gasteiger partial charge is 0.205 e. The number of alkyl halides is 3. The van der Waals surface area contributed by atoms with Crippen molar-refractivity contribution in [1.29, 1.82) is 0 Å². The zero-order valence-corrected chi connectivity index (χ0v) is 13.8. The van der Waals surface area contributed by atoms with Crippen LogP contribution in [-0.2, 0) is 0 Å². The second-order valence-electron chi connectivity index (χ2n) is 4.33. The van der Waals surface area contributed by atoms with E-state index in [1.807, 2.05) is 48.5 Å². The van der Waals surface area contributed by atoms with Crippen LogP contribution in [0.15, 0.2) is 48.5 Å². The van der Waals surface area contributed by atoms with Gasteiger partial charge in [0.05, 0.1) is 20.1 Å². The zero-order chi connectivity index (χ0) is 15.5. The molecule has 111 valence electrons. The fourth-order valence-electron chi connectivity index (χ4n) is 2.01. The third-order valence-electron chi connectivity index (χ3n) is 3.04. The van der Waals surface area contributed by atoms with Gasteiger partial charge in [-0.25, -0.2) is 0 Å². The number of methoxy groups -OCH3 is 2. The molecule has 0 heterocycles. The van der Waals surface area contributed by atoms with Crippen molar-refractivity contribution in [2.75, 3.05) is 14.2 Å². The molecule has 0 N–H and O–H groups in total. The lowest BCUT2D eigenvalue weighted by Crippen LogP contribution is -2.19. The summed E-state index contributed by atoms with van der Waals surface area (Å²) in [5.74, 6) is 2.10. The SMILES string of the molecule is COc1ccc([C](c2ccc(OC)cc2)C(Cl)(Cl)Cl)cc1. The van der Waals surface area contributed by atoms with Crippen LogP contribution in [0.25, 0.3) is 0 Å². The van der Waals surface area contributed by atoms with Crippen LogP contribution in [0.5, 0.6) is 11.5 Å². The molecule has 2 rings (SSSR count). The summed E-state index contributed by atoms with van der Waals surface area (Å²) in [7, 11) is 3.22. The molecule has 0 aliphatic heterocycles. The number of rotatable bonds is 4. The Morgan fingerprint density at radius 1 is 0.714 bits per heavy atom. The lowest BCUT2D eigenvalue weighted by molar-refractivity contribution is 0.414. The third-order valence-corrected chi connectivity index (χ3v) is 3.61. The predicted octanol–water partition coefficient (Wildman–Crippen LogP) is 5.04. The first-order valence-corrected chi connectivity index (χ1v) is 7.32. The molecule has 0 saturated heterocycles. The van der Waals surface area contributed by atoms with Crippen molar-refractivity contribution in [2.24, 2.45) is 0 Å². The summed E-state index contributed by atoms with van der Waals surface area (Å²) in [6, 6.07) is 14.8. The van der Waals surface area contributed by atoms with Crippen molar-refractivity contribution in [3.63, 3.8) is 0 Å². The molecular weight excluding hydrogens is 331 g/mol. The van der Waals surface area contributed by atoms with Gasteiger partial charge in [0.15, 0.2) is 0 Å². The van der Waals surface area contributed by atoms with E-state index in [0.29, 0.717) is 5.92 Å². The summed E-state index contributed by atoms with van der Waals surface area (Å²) in [5, 5.41) is 0. The lowest BCUT2D eigenvalue weighted by atomic mass is 9.92. The molecule has 0 unspecified atom stereocenters. The maximum Gasteiger partial charge on any atom is 0.205 e. The van der Waals surface area contributed by atoms with E-state index in [9.17, 15) is 0 Å². The van der Waals surface area contributed by atoms with Gasteiger partial charge >= 0.3 is 0 Å². The summed E-state index contributed by atoms with van der Waals surface area (Å²) >= 11 is 18.4. The molecule has 0 fully saturated rings. The average molecular weight is 345 g/mol. The average Bonchev–Trinajstić information content (AvgIpc) is 2.47. The minimum atomic E-state index is -1.54. The van der Waals surface area contributed by atoms with E-state index in [1.165, 1.54) is 0 Å². The fraction of sp³-hybridized carbons (Fsp3) is 0.188. The highest BCUT2D eigenvalue weighted by Crippen LogP contribution is 2.45. The van der Waals surface area contributed by atoms with Crippen LogP contribution in [0.2, 0.25) is 0 Å². The van der Waals surface area contributed by atoms with Gasteiger partial charge in [0.25, 0.3) is 0 Å². The van der Waals surface area contributed by atoms with Crippen LogP contribution < -0.4 is 9.47 Å². The van der Waals surface area contributed by atoms with Gasteiger partial charge in [-0.2, -0.15) is 0 Å². The highest BCUT2D eigenvalue weighted by Gasteiger charge is 2.36. The first-order valence-electron chi connectivity index (χ1n) is 6.18. The first-order chi connectivity index (χ1) is 9.95. The Morgan fingerprint density at radius 2 is 1.05 bits per heavy atom. The molecule has 0 amide bonds. The number of hydrogen-bond donors (Lipinski definition) is 0. The van der Waals surface area contributed by atoms with Crippen molar-refractivity contribution in [1.82, 2.24) is 0 Å². The molecule has 21 heavy (non-hydrogen) atoms. The molecular formula is C16H14Cl3O2. The van der Waals surface area contributed by atoms with Crippen LogP contribution >= 0.6 is 34.8 Å². The van der Waals surface area contributed by atoms with Crippen molar-refractivity contribution in [3.05, 3.63) is 65.6 Å². The molecule has 2 aromatic rings. The fourth-order valence-corrected chi connectivity index (χ4v) is 2.66. The summed E-state index contributed by atoms with van der Waals surface area (Å²) in [6.45, 7) is 0. The van der Waals surface area contributed by atoms with E-state index < -0.39 is 3.79 Å². The van der Waals surface area contributed by atoms with Crippen LogP contribution in [0, 0.1) is 5.92 Å². The summed E-state index contributed by atoms with van der Waals surface area (Å²) in [6.07, 6.45) is 0. The third kappa shape index (κ3) is 3.97. The molecule has 0 saturated carbocycles. The minimum Gasteiger partial charge on any atom is -0.497 e. The van der Waals surface area contributed by atoms with Gasteiger partial charge in [-0.3, -0.25) is 0 Å². The Morgan fingerprint density at radius 3 is 1.29 bits per heavy atom. The van der Waals surface area contributed by atoms with E-state index in [-0.39, 0.29) is 0 Å². The molecule has 0 spiro atoms. The summed E-state index contributed by atoms with van der Waals surface area (Å²) in [5.41, 5.74) is 1.64. The summed E-state index contributed by atoms with van der Waals surface area (Å²) in [4.78, 5) is 0. The number of benzene rings is 2. The van der Waals surface area contributed by atoms with Gasteiger partial charge in [-0.15, -0.1) is 0 Å². The van der Waals surface area contributed by atoms with Crippen LogP contribution in [0.3, 0.4) is 0 Å². The monoisotopic (exact) mass is 343 g/mol. The van der Waals surface area contributed by atoms with E-state index in [2.05, 4.69) is 0 Å². The van der Waals surface area contributed by atoms with Gasteiger partial charge in [0.1, 0.15) is 11.5 Å². The molecule has 1 radical (unpaired) electrons. The minimum absolute atomic E-state index is 0.609. The molecule has 0 aliphatic rings. The van der Waals surface area contributed by atoms with E-state index in [4.69, 9.17) is 44.3 Å². The molecule has 0 atom stereocenters. The molecule has 0 bridgehead atoms. The van der Waals surface area contributed by atoms with Gasteiger partial charge in [0, 0.05) is 0 Å². The molecule has 0 aromatic heterocycles. The van der Waals surface area contributed by atoms with Gasteiger partial charge < -0.3 is 9.47 Å². The molecule has 2 aromatic carbocycles. The Labute approximate surface area is 139 Å². The van der Waals surface area contributed by atoms with Gasteiger partial charge in [-0.1, -0.05) is 59.1 Å². The van der Waals surface area contributed by atoms with E-state index in [1.54, 1.807) is 14.2 Å². The zero-order valence-electron chi connectivity index (χ0n) is 11.6. The van der Waals surface area contributed by atoms with Gasteiger partial charge in [0.2, 0.25) is 3.79 Å². The van der Waals surface area contributed by atoms with Crippen molar-refractivity contribution < 1.29 is 9.47 Å². The van der Waals surface area contributed by atoms with Crippen LogP contribution in [0.4, 0.5) is 0 Å². The van der Waals surface area contributed by atoms with Crippen molar-refractivity contribution in [3.8, 4) is 11.5 Å². The van der Waals surface area contributed by atoms with E-state index in [0.717, 1.165) is 22.6 Å². The lowest BCUT2D eigenvalue weighted by Gasteiger charge is -2.24. The van der Waals surface area contributed by atoms with Crippen LogP contribution in [0.1, 0.15) is 11.1 Å². The van der Waals surface area contributed by atoms with Gasteiger partial charge in [-0.05, 0) is 35.4 Å². The Kier molecular flexibility index (Phi) is 5.26. The molecule has 0 aliphatic carbocycles. The Hall–Kier alpha value is -1.09. The maximum atomic E-state index is 6.15. The number of ether oxygens (including phenoxy) is 2. The Balaban J connectivity index is 2.41. The Bertz CT molecular complexity index is 526. The second kappa shape index (κ2) is 6.78. The highest BCUT2D eigenvalue weighted by atomic mass is 35.6. The predicted molar refractivity (Wildman–Crippen MR) is 87.7 cm³/mol. The van der Waals surface area contributed by atoms with E-state index >= 15 is 0 Å². The normalized spacial score (nSPS) is 11.5. The molecule has 5 heteroatoms. The largest absolute Gasteiger partial charge is 0.497 e.